The fourth-order valence-electron chi connectivity index (χ4n) is 0.918. The lowest BCUT2D eigenvalue weighted by atomic mass is 10.1. The van der Waals surface area contributed by atoms with Crippen LogP contribution < -0.4 is 5.73 Å². The quantitative estimate of drug-likeness (QED) is 0.490. The first-order valence-corrected chi connectivity index (χ1v) is 3.95. The van der Waals surface area contributed by atoms with E-state index in [4.69, 9.17) is 16.2 Å². The Morgan fingerprint density at radius 1 is 1.36 bits per heavy atom. The van der Waals surface area contributed by atoms with Crippen LogP contribution in [0.15, 0.2) is 42.1 Å². The van der Waals surface area contributed by atoms with E-state index in [1.54, 1.807) is 24.3 Å². The highest BCUT2D eigenvalue weighted by atomic mass is 16.4. The lowest BCUT2D eigenvalue weighted by Gasteiger charge is -1.98. The van der Waals surface area contributed by atoms with Crippen LogP contribution in [-0.4, -0.2) is 16.8 Å². The first-order chi connectivity index (χ1) is 6.61. The number of aliphatic carboxylic acids is 1. The van der Waals surface area contributed by atoms with Gasteiger partial charge >= 0.3 is 5.97 Å². The zero-order valence-corrected chi connectivity index (χ0v) is 7.40. The minimum absolute atomic E-state index is 0.0884. The van der Waals surface area contributed by atoms with Crippen molar-refractivity contribution in [2.75, 3.05) is 0 Å². The number of nitrogens with one attached hydrogen (secondary N) is 1. The molecule has 0 radical (unpaired) electrons. The minimum atomic E-state index is -1.22. The zero-order valence-electron chi connectivity index (χ0n) is 7.40. The van der Waals surface area contributed by atoms with Crippen molar-refractivity contribution in [3.8, 4) is 0 Å². The van der Waals surface area contributed by atoms with E-state index >= 15 is 0 Å². The maximum atomic E-state index is 10.4. The second-order valence-corrected chi connectivity index (χ2v) is 2.68. The van der Waals surface area contributed by atoms with Crippen LogP contribution in [0.5, 0.6) is 0 Å². The summed E-state index contributed by atoms with van der Waals surface area (Å²) in [5, 5.41) is 16.0. The maximum absolute atomic E-state index is 10.4. The Hall–Kier alpha value is -2.10. The van der Waals surface area contributed by atoms with Gasteiger partial charge in [-0.05, 0) is 11.6 Å². The van der Waals surface area contributed by atoms with Crippen molar-refractivity contribution >= 4 is 11.7 Å². The molecule has 0 unspecified atom stereocenters. The zero-order chi connectivity index (χ0) is 10.6. The third kappa shape index (κ3) is 2.45. The molecule has 0 heterocycles. The van der Waals surface area contributed by atoms with Crippen LogP contribution in [0.3, 0.4) is 0 Å². The summed E-state index contributed by atoms with van der Waals surface area (Å²) in [6.07, 6.45) is 1.12. The van der Waals surface area contributed by atoms with Crippen molar-refractivity contribution in [1.82, 2.24) is 0 Å². The number of allylic oxidation sites excluding steroid dienone is 1. The van der Waals surface area contributed by atoms with Gasteiger partial charge in [-0.2, -0.15) is 0 Å². The molecular formula is C10H10N2O2. The molecule has 0 spiro atoms. The molecule has 0 atom stereocenters. The van der Waals surface area contributed by atoms with Gasteiger partial charge in [-0.3, -0.25) is 0 Å². The summed E-state index contributed by atoms with van der Waals surface area (Å²) in [5.74, 6) is -1.22. The highest BCUT2D eigenvalue weighted by Gasteiger charge is 2.03. The van der Waals surface area contributed by atoms with Crippen molar-refractivity contribution in [1.29, 1.82) is 5.41 Å². The molecular weight excluding hydrogens is 180 g/mol. The van der Waals surface area contributed by atoms with E-state index in [2.05, 4.69) is 0 Å². The van der Waals surface area contributed by atoms with Gasteiger partial charge in [0.2, 0.25) is 0 Å². The number of nitrogens with two attached hydrogens (primary N) is 1. The van der Waals surface area contributed by atoms with Crippen LogP contribution in [0.4, 0.5) is 0 Å². The summed E-state index contributed by atoms with van der Waals surface area (Å²) >= 11 is 0. The molecule has 1 aromatic rings. The number of carboxylic acid groups (broad SMARTS) is 1. The molecule has 4 N–H and O–H groups in total. The van der Waals surface area contributed by atoms with E-state index in [1.165, 1.54) is 0 Å². The summed E-state index contributed by atoms with van der Waals surface area (Å²) < 4.78 is 0. The van der Waals surface area contributed by atoms with Gasteiger partial charge in [-0.25, -0.2) is 4.79 Å². The molecule has 0 fully saturated rings. The van der Waals surface area contributed by atoms with Crippen LogP contribution in [0.1, 0.15) is 5.56 Å². The number of benzene rings is 1. The molecule has 14 heavy (non-hydrogen) atoms. The van der Waals surface area contributed by atoms with E-state index in [0.29, 0.717) is 5.56 Å². The van der Waals surface area contributed by atoms with Gasteiger partial charge in [0.05, 0.1) is 5.71 Å². The topological polar surface area (TPSA) is 87.2 Å². The lowest BCUT2D eigenvalue weighted by Crippen LogP contribution is -2.12. The van der Waals surface area contributed by atoms with Crippen molar-refractivity contribution < 1.29 is 9.90 Å². The van der Waals surface area contributed by atoms with E-state index in [-0.39, 0.29) is 11.4 Å². The van der Waals surface area contributed by atoms with E-state index in [0.717, 1.165) is 6.08 Å². The Morgan fingerprint density at radius 2 is 1.93 bits per heavy atom. The summed E-state index contributed by atoms with van der Waals surface area (Å²) in [7, 11) is 0. The molecule has 1 rings (SSSR count). The average molecular weight is 190 g/mol. The van der Waals surface area contributed by atoms with Gasteiger partial charge in [0.1, 0.15) is 5.70 Å². The third-order valence-electron chi connectivity index (χ3n) is 1.63. The summed E-state index contributed by atoms with van der Waals surface area (Å²) in [5.41, 5.74) is 5.57. The van der Waals surface area contributed by atoms with Crippen molar-refractivity contribution in [2.24, 2.45) is 5.73 Å². The monoisotopic (exact) mass is 190 g/mol. The standard InChI is InChI=1S/C10H10N2O2/c11-8(6-9(12)10(13)14)7-4-2-1-3-5-7/h1-6,11H,12H2,(H,13,14). The molecule has 1 aromatic carbocycles. The van der Waals surface area contributed by atoms with Crippen LogP contribution in [0.2, 0.25) is 0 Å². The number of carboxylic acids is 1. The van der Waals surface area contributed by atoms with Crippen molar-refractivity contribution in [2.45, 2.75) is 0 Å². The maximum Gasteiger partial charge on any atom is 0.351 e. The number of hydrogen-bond donors (Lipinski definition) is 3. The van der Waals surface area contributed by atoms with Crippen molar-refractivity contribution in [3.05, 3.63) is 47.7 Å². The predicted molar refractivity (Wildman–Crippen MR) is 53.2 cm³/mol. The molecule has 4 heteroatoms. The fraction of sp³-hybridized carbons (Fsp3) is 0. The summed E-state index contributed by atoms with van der Waals surface area (Å²) in [6.45, 7) is 0. The molecule has 4 nitrogen and oxygen atoms in total. The molecule has 0 aliphatic rings. The minimum Gasteiger partial charge on any atom is -0.477 e. The van der Waals surface area contributed by atoms with Gasteiger partial charge in [-0.1, -0.05) is 30.3 Å². The van der Waals surface area contributed by atoms with Gasteiger partial charge in [0.15, 0.2) is 0 Å². The van der Waals surface area contributed by atoms with Crippen LogP contribution in [0, 0.1) is 5.41 Å². The molecule has 0 aromatic heterocycles. The third-order valence-corrected chi connectivity index (χ3v) is 1.63. The summed E-state index contributed by atoms with van der Waals surface area (Å²) in [6, 6.07) is 8.80. The Bertz CT molecular complexity index is 382. The highest BCUT2D eigenvalue weighted by molar-refractivity contribution is 6.09. The Morgan fingerprint density at radius 3 is 2.43 bits per heavy atom. The first kappa shape index (κ1) is 9.98. The number of hydrogen-bond acceptors (Lipinski definition) is 3. The molecule has 0 bridgehead atoms. The van der Waals surface area contributed by atoms with E-state index < -0.39 is 5.97 Å². The highest BCUT2D eigenvalue weighted by Crippen LogP contribution is 2.01. The molecule has 0 amide bonds. The number of carbonyl (C=O) groups is 1. The molecule has 0 saturated carbocycles. The molecule has 0 aliphatic carbocycles. The largest absolute Gasteiger partial charge is 0.477 e. The van der Waals surface area contributed by atoms with Crippen LogP contribution in [0.25, 0.3) is 0 Å². The van der Waals surface area contributed by atoms with Gasteiger partial charge in [0.25, 0.3) is 0 Å². The lowest BCUT2D eigenvalue weighted by molar-refractivity contribution is -0.132. The van der Waals surface area contributed by atoms with Gasteiger partial charge in [0, 0.05) is 0 Å². The molecule has 72 valence electrons. The Kier molecular flexibility index (Phi) is 3.01. The molecule has 0 aliphatic heterocycles. The van der Waals surface area contributed by atoms with E-state index in [9.17, 15) is 4.79 Å². The Balaban J connectivity index is 2.88. The summed E-state index contributed by atoms with van der Waals surface area (Å²) in [4.78, 5) is 10.4. The smallest absolute Gasteiger partial charge is 0.351 e. The normalized spacial score (nSPS) is 11.0. The van der Waals surface area contributed by atoms with Crippen molar-refractivity contribution in [3.63, 3.8) is 0 Å². The van der Waals surface area contributed by atoms with Gasteiger partial charge < -0.3 is 16.2 Å². The predicted octanol–water partition coefficient (Wildman–Crippen LogP) is 0.982. The average Bonchev–Trinajstić information content (AvgIpc) is 2.19. The molecule has 0 saturated heterocycles. The second kappa shape index (κ2) is 4.23. The number of rotatable bonds is 3. The SMILES string of the molecule is N=C(C=C(N)C(=O)O)c1ccccc1. The Labute approximate surface area is 81.2 Å². The van der Waals surface area contributed by atoms with Crippen LogP contribution >= 0.6 is 0 Å². The van der Waals surface area contributed by atoms with Crippen LogP contribution in [-0.2, 0) is 4.79 Å². The van der Waals surface area contributed by atoms with E-state index in [1.807, 2.05) is 6.07 Å². The van der Waals surface area contributed by atoms with Gasteiger partial charge in [-0.15, -0.1) is 0 Å². The first-order valence-electron chi connectivity index (χ1n) is 3.95. The second-order valence-electron chi connectivity index (χ2n) is 2.68. The fourth-order valence-corrected chi connectivity index (χ4v) is 0.918.